The number of halogens is 1. The third kappa shape index (κ3) is 2.70. The molecule has 0 aliphatic carbocycles. The molecule has 0 radical (unpaired) electrons. The number of carbonyl (C=O) groups is 1. The Hall–Kier alpha value is -0.710. The number of aliphatic imine (C=N–C) groups is 1. The molecule has 5 heteroatoms. The van der Waals surface area contributed by atoms with E-state index in [1.54, 1.807) is 18.2 Å². The smallest absolute Gasteiger partial charge is 0.244 e. The minimum atomic E-state index is -0.000648. The Labute approximate surface area is 107 Å². The summed E-state index contributed by atoms with van der Waals surface area (Å²) in [6.45, 7) is 0. The molecule has 0 spiro atoms. The average Bonchev–Trinajstić information content (AvgIpc) is 2.63. The van der Waals surface area contributed by atoms with Gasteiger partial charge in [-0.3, -0.25) is 4.79 Å². The van der Waals surface area contributed by atoms with Gasteiger partial charge in [-0.15, -0.1) is 11.8 Å². The molecular formula is C11H8ClNOS2. The van der Waals surface area contributed by atoms with Crippen LogP contribution in [0, 0.1) is 0 Å². The molecule has 0 bridgehead atoms. The summed E-state index contributed by atoms with van der Waals surface area (Å²) < 4.78 is 0.796. The van der Waals surface area contributed by atoms with Crippen LogP contribution in [-0.4, -0.2) is 15.7 Å². The highest BCUT2D eigenvalue weighted by atomic mass is 35.5. The molecule has 1 heterocycles. The van der Waals surface area contributed by atoms with Crippen LogP contribution >= 0.6 is 35.1 Å². The molecule has 1 aromatic rings. The summed E-state index contributed by atoms with van der Waals surface area (Å²) in [6, 6.07) is 7.30. The molecule has 2 rings (SSSR count). The zero-order valence-electron chi connectivity index (χ0n) is 8.44. The lowest BCUT2D eigenvalue weighted by Gasteiger charge is -1.94. The summed E-state index contributed by atoms with van der Waals surface area (Å²) in [4.78, 5) is 15.8. The van der Waals surface area contributed by atoms with Gasteiger partial charge in [-0.25, -0.2) is 4.99 Å². The first kappa shape index (κ1) is 11.8. The maximum atomic E-state index is 11.6. The molecule has 1 aromatic carbocycles. The molecule has 2 nitrogen and oxygen atoms in total. The number of carbonyl (C=O) groups excluding carboxylic acids is 1. The fourth-order valence-corrected chi connectivity index (χ4v) is 2.58. The van der Waals surface area contributed by atoms with Gasteiger partial charge in [0.15, 0.2) is 0 Å². The first-order valence-corrected chi connectivity index (χ1v) is 6.93. The zero-order chi connectivity index (χ0) is 11.5. The van der Waals surface area contributed by atoms with Gasteiger partial charge in [0.1, 0.15) is 10.1 Å². The molecule has 0 fully saturated rings. The first-order chi connectivity index (χ1) is 7.69. The van der Waals surface area contributed by atoms with Crippen LogP contribution in [0.1, 0.15) is 5.56 Å². The van der Waals surface area contributed by atoms with Gasteiger partial charge in [0.05, 0.1) is 0 Å². The van der Waals surface area contributed by atoms with Crippen LogP contribution in [0.5, 0.6) is 0 Å². The van der Waals surface area contributed by atoms with Crippen LogP contribution in [0.4, 0.5) is 0 Å². The van der Waals surface area contributed by atoms with Crippen molar-refractivity contribution >= 4 is 50.7 Å². The van der Waals surface area contributed by atoms with Crippen LogP contribution in [0.2, 0.25) is 5.02 Å². The summed E-state index contributed by atoms with van der Waals surface area (Å²) >= 11 is 8.44. The zero-order valence-corrected chi connectivity index (χ0v) is 10.8. The standard InChI is InChI=1S/C11H8ClNOS2/c1-15-11-13-9(10(14)16-11)6-7-2-4-8(12)5-3-7/h2-6H,1H3/b9-6-. The van der Waals surface area contributed by atoms with Gasteiger partial charge in [-0.2, -0.15) is 0 Å². The fourth-order valence-electron chi connectivity index (χ4n) is 1.19. The Kier molecular flexibility index (Phi) is 3.74. The minimum Gasteiger partial charge on any atom is -0.279 e. The van der Waals surface area contributed by atoms with E-state index in [4.69, 9.17) is 11.6 Å². The predicted octanol–water partition coefficient (Wildman–Crippen LogP) is 3.67. The first-order valence-electron chi connectivity index (χ1n) is 4.51. The van der Waals surface area contributed by atoms with E-state index >= 15 is 0 Å². The van der Waals surface area contributed by atoms with E-state index in [1.165, 1.54) is 23.5 Å². The Morgan fingerprint density at radius 1 is 1.38 bits per heavy atom. The summed E-state index contributed by atoms with van der Waals surface area (Å²) in [5, 5.41) is 0.682. The molecule has 0 aromatic heterocycles. The lowest BCUT2D eigenvalue weighted by atomic mass is 10.2. The SMILES string of the molecule is CSC1=N/C(=C\c2ccc(Cl)cc2)C(=O)S1. The highest BCUT2D eigenvalue weighted by Gasteiger charge is 2.21. The summed E-state index contributed by atoms with van der Waals surface area (Å²) in [6.07, 6.45) is 3.68. The van der Waals surface area contributed by atoms with Gasteiger partial charge in [0, 0.05) is 5.02 Å². The second-order valence-electron chi connectivity index (χ2n) is 3.05. The van der Waals surface area contributed by atoms with E-state index in [-0.39, 0.29) is 5.12 Å². The molecule has 1 aliphatic rings. The number of nitrogens with zero attached hydrogens (tertiary/aromatic N) is 1. The molecule has 1 aliphatic heterocycles. The van der Waals surface area contributed by atoms with E-state index in [0.29, 0.717) is 10.7 Å². The summed E-state index contributed by atoms with van der Waals surface area (Å²) in [5.74, 6) is 0. The average molecular weight is 270 g/mol. The van der Waals surface area contributed by atoms with Crippen LogP contribution in [0.25, 0.3) is 6.08 Å². The molecule has 0 saturated heterocycles. The largest absolute Gasteiger partial charge is 0.279 e. The highest BCUT2D eigenvalue weighted by Crippen LogP contribution is 2.29. The number of benzene rings is 1. The maximum absolute atomic E-state index is 11.6. The lowest BCUT2D eigenvalue weighted by Crippen LogP contribution is -1.87. The second kappa shape index (κ2) is 5.08. The van der Waals surface area contributed by atoms with Crippen LogP contribution in [0.15, 0.2) is 35.0 Å². The Bertz CT molecular complexity index is 479. The third-order valence-corrected chi connectivity index (χ3v) is 4.05. The quantitative estimate of drug-likeness (QED) is 0.729. The second-order valence-corrected chi connectivity index (χ2v) is 5.50. The highest BCUT2D eigenvalue weighted by molar-refractivity contribution is 8.45. The van der Waals surface area contributed by atoms with Crippen LogP contribution in [0.3, 0.4) is 0 Å². The van der Waals surface area contributed by atoms with Gasteiger partial charge in [-0.1, -0.05) is 23.7 Å². The maximum Gasteiger partial charge on any atom is 0.244 e. The van der Waals surface area contributed by atoms with Crippen molar-refractivity contribution in [3.63, 3.8) is 0 Å². The number of rotatable bonds is 1. The number of thioether (sulfide) groups is 2. The fraction of sp³-hybridized carbons (Fsp3) is 0.0909. The Morgan fingerprint density at radius 3 is 2.62 bits per heavy atom. The predicted molar refractivity (Wildman–Crippen MR) is 73.0 cm³/mol. The molecular weight excluding hydrogens is 262 g/mol. The Balaban J connectivity index is 2.28. The molecule has 0 saturated carbocycles. The molecule has 16 heavy (non-hydrogen) atoms. The van der Waals surface area contributed by atoms with Crippen LogP contribution in [-0.2, 0) is 4.79 Å². The van der Waals surface area contributed by atoms with Gasteiger partial charge >= 0.3 is 0 Å². The van der Waals surface area contributed by atoms with Gasteiger partial charge < -0.3 is 0 Å². The Morgan fingerprint density at radius 2 is 2.06 bits per heavy atom. The topological polar surface area (TPSA) is 29.4 Å². The molecule has 0 amide bonds. The van der Waals surface area contributed by atoms with Crippen molar-refractivity contribution in [1.29, 1.82) is 0 Å². The molecule has 0 N–H and O–H groups in total. The van der Waals surface area contributed by atoms with Crippen molar-refractivity contribution in [2.24, 2.45) is 4.99 Å². The van der Waals surface area contributed by atoms with E-state index in [0.717, 1.165) is 9.94 Å². The monoisotopic (exact) mass is 269 g/mol. The normalized spacial score (nSPS) is 18.0. The summed E-state index contributed by atoms with van der Waals surface area (Å²) in [5.41, 5.74) is 1.43. The number of hydrogen-bond donors (Lipinski definition) is 0. The van der Waals surface area contributed by atoms with Gasteiger partial charge in [0.2, 0.25) is 5.12 Å². The van der Waals surface area contributed by atoms with Gasteiger partial charge in [-0.05, 0) is 41.8 Å². The molecule has 0 atom stereocenters. The van der Waals surface area contributed by atoms with Crippen molar-refractivity contribution in [3.8, 4) is 0 Å². The van der Waals surface area contributed by atoms with Crippen molar-refractivity contribution in [2.75, 3.05) is 6.26 Å². The van der Waals surface area contributed by atoms with E-state index in [1.807, 2.05) is 18.4 Å². The molecule has 0 unspecified atom stereocenters. The third-order valence-electron chi connectivity index (χ3n) is 1.95. The summed E-state index contributed by atoms with van der Waals surface area (Å²) in [7, 11) is 0. The van der Waals surface area contributed by atoms with E-state index in [2.05, 4.69) is 4.99 Å². The van der Waals surface area contributed by atoms with Crippen molar-refractivity contribution in [3.05, 3.63) is 40.5 Å². The molecule has 82 valence electrons. The van der Waals surface area contributed by atoms with Crippen molar-refractivity contribution < 1.29 is 4.79 Å². The van der Waals surface area contributed by atoms with Crippen molar-refractivity contribution in [2.45, 2.75) is 0 Å². The van der Waals surface area contributed by atoms with E-state index < -0.39 is 0 Å². The van der Waals surface area contributed by atoms with Gasteiger partial charge in [0.25, 0.3) is 0 Å². The number of hydrogen-bond acceptors (Lipinski definition) is 4. The van der Waals surface area contributed by atoms with Crippen molar-refractivity contribution in [1.82, 2.24) is 0 Å². The van der Waals surface area contributed by atoms with Crippen LogP contribution < -0.4 is 0 Å². The van der Waals surface area contributed by atoms with E-state index in [9.17, 15) is 4.79 Å². The lowest BCUT2D eigenvalue weighted by molar-refractivity contribution is -0.107. The minimum absolute atomic E-state index is 0.000648.